The minimum absolute atomic E-state index is 0.624. The zero-order valence-electron chi connectivity index (χ0n) is 14.4. The summed E-state index contributed by atoms with van der Waals surface area (Å²) in [6.07, 6.45) is 8.78. The highest BCUT2D eigenvalue weighted by Gasteiger charge is 2.32. The van der Waals surface area contributed by atoms with Crippen molar-refractivity contribution in [1.29, 1.82) is 0 Å². The minimum atomic E-state index is -1.25. The van der Waals surface area contributed by atoms with E-state index in [1.807, 2.05) is 54.9 Å². The third-order valence-electron chi connectivity index (χ3n) is 4.33. The van der Waals surface area contributed by atoms with Crippen molar-refractivity contribution in [1.82, 2.24) is 14.5 Å². The van der Waals surface area contributed by atoms with Gasteiger partial charge in [-0.1, -0.05) is 23.7 Å². The second-order valence-corrected chi connectivity index (χ2v) is 6.70. The molecule has 2 heterocycles. The molecule has 5 heteroatoms. The quantitative estimate of drug-likeness (QED) is 0.763. The predicted molar refractivity (Wildman–Crippen MR) is 101 cm³/mol. The van der Waals surface area contributed by atoms with Crippen LogP contribution in [0, 0.1) is 6.92 Å². The molecule has 0 fully saturated rings. The van der Waals surface area contributed by atoms with Gasteiger partial charge in [-0.05, 0) is 60.4 Å². The van der Waals surface area contributed by atoms with Crippen molar-refractivity contribution in [2.75, 3.05) is 0 Å². The maximum Gasteiger partial charge on any atom is 0.129 e. The Morgan fingerprint density at radius 3 is 2.68 bits per heavy atom. The number of pyridine rings is 1. The number of imidazole rings is 1. The van der Waals surface area contributed by atoms with Crippen LogP contribution in [-0.2, 0) is 12.6 Å². The van der Waals surface area contributed by atoms with Gasteiger partial charge in [-0.3, -0.25) is 4.98 Å². The van der Waals surface area contributed by atoms with Crippen LogP contribution < -0.4 is 0 Å². The lowest BCUT2D eigenvalue weighted by Gasteiger charge is -2.28. The Balaban J connectivity index is 2.25. The van der Waals surface area contributed by atoms with E-state index in [9.17, 15) is 5.11 Å². The Morgan fingerprint density at radius 1 is 1.24 bits per heavy atom. The number of hydrogen-bond donors (Lipinski definition) is 1. The minimum Gasteiger partial charge on any atom is -0.379 e. The van der Waals surface area contributed by atoms with Crippen molar-refractivity contribution >= 4 is 23.3 Å². The Bertz CT molecular complexity index is 914. The van der Waals surface area contributed by atoms with Gasteiger partial charge in [-0.2, -0.15) is 0 Å². The van der Waals surface area contributed by atoms with Gasteiger partial charge in [0.2, 0.25) is 0 Å². The topological polar surface area (TPSA) is 50.9 Å². The van der Waals surface area contributed by atoms with Crippen LogP contribution in [0.15, 0.2) is 55.2 Å². The summed E-state index contributed by atoms with van der Waals surface area (Å²) in [6, 6.07) is 9.50. The molecule has 0 radical (unpaired) electrons. The third kappa shape index (κ3) is 3.50. The van der Waals surface area contributed by atoms with Gasteiger partial charge in [0.15, 0.2) is 0 Å². The van der Waals surface area contributed by atoms with Crippen molar-refractivity contribution in [3.63, 3.8) is 0 Å². The van der Waals surface area contributed by atoms with E-state index in [0.717, 1.165) is 22.3 Å². The van der Waals surface area contributed by atoms with Crippen molar-refractivity contribution in [2.45, 2.75) is 19.4 Å². The van der Waals surface area contributed by atoms with Crippen molar-refractivity contribution in [2.24, 2.45) is 7.05 Å². The van der Waals surface area contributed by atoms with Gasteiger partial charge in [0, 0.05) is 24.5 Å². The fourth-order valence-corrected chi connectivity index (χ4v) is 3.13. The van der Waals surface area contributed by atoms with Crippen LogP contribution in [0.4, 0.5) is 0 Å². The first kappa shape index (κ1) is 17.4. The molecule has 0 aliphatic rings. The molecule has 3 rings (SSSR count). The zero-order chi connectivity index (χ0) is 18.0. The fraction of sp³-hybridized carbons (Fsp3) is 0.200. The summed E-state index contributed by atoms with van der Waals surface area (Å²) in [6.45, 7) is 3.77. The molecule has 3 aromatic rings. The molecule has 2 aromatic heterocycles. The van der Waals surface area contributed by atoms with E-state index in [-0.39, 0.29) is 0 Å². The first-order valence-electron chi connectivity index (χ1n) is 7.97. The van der Waals surface area contributed by atoms with Crippen molar-refractivity contribution < 1.29 is 5.11 Å². The highest BCUT2D eigenvalue weighted by Crippen LogP contribution is 2.39. The second kappa shape index (κ2) is 6.82. The summed E-state index contributed by atoms with van der Waals surface area (Å²) in [4.78, 5) is 8.31. The number of aliphatic hydroxyl groups is 1. The smallest absolute Gasteiger partial charge is 0.129 e. The van der Waals surface area contributed by atoms with E-state index < -0.39 is 5.60 Å². The van der Waals surface area contributed by atoms with Crippen LogP contribution in [-0.4, -0.2) is 19.6 Å². The Kier molecular flexibility index (Phi) is 4.75. The van der Waals surface area contributed by atoms with Crippen molar-refractivity contribution in [3.05, 3.63) is 82.7 Å². The molecular weight excluding hydrogens is 334 g/mol. The van der Waals surface area contributed by atoms with Gasteiger partial charge >= 0.3 is 0 Å². The molecule has 25 heavy (non-hydrogen) atoms. The van der Waals surface area contributed by atoms with E-state index in [1.54, 1.807) is 31.8 Å². The fourth-order valence-electron chi connectivity index (χ4n) is 2.96. The molecule has 0 amide bonds. The van der Waals surface area contributed by atoms with Crippen molar-refractivity contribution in [3.8, 4) is 0 Å². The van der Waals surface area contributed by atoms with Crippen LogP contribution in [0.1, 0.15) is 29.3 Å². The Hall–Kier alpha value is -2.43. The molecule has 128 valence electrons. The SMILES string of the molecule is Cc1ccc(Cl)cc1/C(=C\c1cccnc1)C(C)(O)c1cncn1C. The molecule has 1 N–H and O–H groups in total. The molecule has 0 aliphatic heterocycles. The maximum absolute atomic E-state index is 11.5. The largest absolute Gasteiger partial charge is 0.379 e. The molecule has 4 nitrogen and oxygen atoms in total. The highest BCUT2D eigenvalue weighted by atomic mass is 35.5. The molecule has 0 bridgehead atoms. The average molecular weight is 354 g/mol. The second-order valence-electron chi connectivity index (χ2n) is 6.27. The molecule has 1 atom stereocenters. The molecule has 0 saturated heterocycles. The summed E-state index contributed by atoms with van der Waals surface area (Å²) in [7, 11) is 1.86. The average Bonchev–Trinajstić information content (AvgIpc) is 3.03. The van der Waals surface area contributed by atoms with Gasteiger partial charge in [0.25, 0.3) is 0 Å². The number of halogens is 1. The van der Waals surface area contributed by atoms with E-state index in [1.165, 1.54) is 0 Å². The summed E-state index contributed by atoms with van der Waals surface area (Å²) in [5, 5.41) is 12.1. The number of aromatic nitrogens is 3. The molecule has 1 unspecified atom stereocenters. The van der Waals surface area contributed by atoms with Gasteiger partial charge in [-0.25, -0.2) is 4.98 Å². The first-order valence-corrected chi connectivity index (χ1v) is 8.35. The molecular formula is C20H20ClN3O. The van der Waals surface area contributed by atoms with E-state index in [2.05, 4.69) is 9.97 Å². The van der Waals surface area contributed by atoms with Gasteiger partial charge in [0.05, 0.1) is 18.2 Å². The van der Waals surface area contributed by atoms with Gasteiger partial charge in [-0.15, -0.1) is 0 Å². The molecule has 1 aromatic carbocycles. The third-order valence-corrected chi connectivity index (χ3v) is 4.56. The molecule has 0 saturated carbocycles. The summed E-state index contributed by atoms with van der Waals surface area (Å²) >= 11 is 6.23. The number of aryl methyl sites for hydroxylation is 2. The van der Waals surface area contributed by atoms with E-state index in [0.29, 0.717) is 10.7 Å². The lowest BCUT2D eigenvalue weighted by atomic mass is 9.84. The number of hydrogen-bond acceptors (Lipinski definition) is 3. The lowest BCUT2D eigenvalue weighted by molar-refractivity contribution is 0.115. The summed E-state index contributed by atoms with van der Waals surface area (Å²) in [5.41, 5.74) is 3.01. The van der Waals surface area contributed by atoms with Crippen LogP contribution in [0.3, 0.4) is 0 Å². The normalized spacial score (nSPS) is 14.4. The van der Waals surface area contributed by atoms with Crippen LogP contribution >= 0.6 is 11.6 Å². The number of nitrogens with zero attached hydrogens (tertiary/aromatic N) is 3. The highest BCUT2D eigenvalue weighted by molar-refractivity contribution is 6.30. The van der Waals surface area contributed by atoms with E-state index in [4.69, 9.17) is 11.6 Å². The number of benzene rings is 1. The summed E-state index contributed by atoms with van der Waals surface area (Å²) < 4.78 is 1.82. The van der Waals surface area contributed by atoms with Crippen LogP contribution in [0.5, 0.6) is 0 Å². The predicted octanol–water partition coefficient (Wildman–Crippen LogP) is 4.23. The lowest BCUT2D eigenvalue weighted by Crippen LogP contribution is -2.26. The monoisotopic (exact) mass is 353 g/mol. The van der Waals surface area contributed by atoms with Crippen LogP contribution in [0.2, 0.25) is 5.02 Å². The maximum atomic E-state index is 11.5. The molecule has 0 spiro atoms. The molecule has 0 aliphatic carbocycles. The first-order chi connectivity index (χ1) is 11.9. The van der Waals surface area contributed by atoms with E-state index >= 15 is 0 Å². The zero-order valence-corrected chi connectivity index (χ0v) is 15.2. The van der Waals surface area contributed by atoms with Gasteiger partial charge in [0.1, 0.15) is 5.60 Å². The van der Waals surface area contributed by atoms with Crippen LogP contribution in [0.25, 0.3) is 11.6 Å². The standard InChI is InChI=1S/C20H20ClN3O/c1-14-6-7-16(21)10-17(14)18(9-15-5-4-8-22-11-15)20(2,25)19-12-23-13-24(19)3/h4-13,25H,1-3H3/b18-9+. The Labute approximate surface area is 152 Å². The summed E-state index contributed by atoms with van der Waals surface area (Å²) in [5.74, 6) is 0. The Morgan fingerprint density at radius 2 is 2.04 bits per heavy atom. The number of rotatable bonds is 4. The van der Waals surface area contributed by atoms with Gasteiger partial charge < -0.3 is 9.67 Å².